The van der Waals surface area contributed by atoms with Crippen molar-refractivity contribution in [1.29, 1.82) is 0 Å². The van der Waals surface area contributed by atoms with Gasteiger partial charge in [-0.1, -0.05) is 30.4 Å². The number of hydrazone groups is 1. The highest BCUT2D eigenvalue weighted by molar-refractivity contribution is 8.24. The standard InChI is InChI=1S/C15H12N2O4S2/c1-8-12(15(22)23-10-7-11(18)21-14(10)20)13(19)17(16-8)9-5-3-2-4-6-9/h2-6,10,12H,7H2,1H3/t10-,12-/m1/s1. The molecule has 8 heteroatoms. The SMILES string of the molecule is CC1=NN(c2ccccc2)C(=O)[C@@H]1C(=S)S[C@@H]1CC(=O)OC1=O. The van der Waals surface area contributed by atoms with Gasteiger partial charge in [0.05, 0.1) is 22.0 Å². The number of para-hydroxylation sites is 1. The van der Waals surface area contributed by atoms with Gasteiger partial charge in [-0.2, -0.15) is 10.1 Å². The number of thiocarbonyl (C=S) groups is 1. The molecule has 1 aromatic rings. The number of thioether (sulfide) groups is 1. The number of ether oxygens (including phenoxy) is 1. The molecular formula is C15H12N2O4S2. The molecule has 0 aromatic heterocycles. The Bertz CT molecular complexity index is 732. The summed E-state index contributed by atoms with van der Waals surface area (Å²) in [6.07, 6.45) is -0.0247. The van der Waals surface area contributed by atoms with Crippen molar-refractivity contribution < 1.29 is 19.1 Å². The quantitative estimate of drug-likeness (QED) is 0.472. The molecule has 3 rings (SSSR count). The molecule has 1 saturated heterocycles. The van der Waals surface area contributed by atoms with Crippen LogP contribution in [-0.2, 0) is 19.1 Å². The smallest absolute Gasteiger partial charge is 0.327 e. The van der Waals surface area contributed by atoms with E-state index in [0.29, 0.717) is 15.6 Å². The number of cyclic esters (lactones) is 2. The van der Waals surface area contributed by atoms with Gasteiger partial charge in [0, 0.05) is 0 Å². The average molecular weight is 348 g/mol. The van der Waals surface area contributed by atoms with Crippen LogP contribution in [0.4, 0.5) is 5.69 Å². The highest BCUT2D eigenvalue weighted by Crippen LogP contribution is 2.32. The summed E-state index contributed by atoms with van der Waals surface area (Å²) in [5.41, 5.74) is 1.22. The maximum Gasteiger partial charge on any atom is 0.327 e. The van der Waals surface area contributed by atoms with E-state index in [-0.39, 0.29) is 12.3 Å². The van der Waals surface area contributed by atoms with Crippen molar-refractivity contribution in [3.8, 4) is 0 Å². The summed E-state index contributed by atoms with van der Waals surface area (Å²) in [7, 11) is 0. The second kappa shape index (κ2) is 6.21. The van der Waals surface area contributed by atoms with Crippen LogP contribution in [0, 0.1) is 5.92 Å². The van der Waals surface area contributed by atoms with Crippen LogP contribution >= 0.6 is 24.0 Å². The zero-order chi connectivity index (χ0) is 16.6. The van der Waals surface area contributed by atoms with Gasteiger partial charge in [0.15, 0.2) is 0 Å². The molecule has 0 N–H and O–H groups in total. The van der Waals surface area contributed by atoms with Gasteiger partial charge in [-0.15, -0.1) is 11.8 Å². The van der Waals surface area contributed by atoms with E-state index in [4.69, 9.17) is 12.2 Å². The predicted molar refractivity (Wildman–Crippen MR) is 90.2 cm³/mol. The first-order valence-corrected chi connectivity index (χ1v) is 8.15. The Morgan fingerprint density at radius 1 is 1.30 bits per heavy atom. The Morgan fingerprint density at radius 2 is 2.00 bits per heavy atom. The van der Waals surface area contributed by atoms with Crippen molar-refractivity contribution >= 4 is 57.4 Å². The summed E-state index contributed by atoms with van der Waals surface area (Å²) < 4.78 is 4.82. The number of nitrogens with zero attached hydrogens (tertiary/aromatic N) is 2. The molecule has 0 bridgehead atoms. The van der Waals surface area contributed by atoms with E-state index in [9.17, 15) is 14.4 Å². The zero-order valence-corrected chi connectivity index (χ0v) is 13.7. The van der Waals surface area contributed by atoms with Gasteiger partial charge in [-0.3, -0.25) is 14.4 Å². The first-order chi connectivity index (χ1) is 11.0. The number of hydrogen-bond acceptors (Lipinski definition) is 7. The van der Waals surface area contributed by atoms with Crippen molar-refractivity contribution in [2.45, 2.75) is 18.6 Å². The molecule has 1 fully saturated rings. The van der Waals surface area contributed by atoms with Crippen molar-refractivity contribution in [1.82, 2.24) is 0 Å². The third-order valence-electron chi connectivity index (χ3n) is 3.46. The number of esters is 2. The first-order valence-electron chi connectivity index (χ1n) is 6.86. The molecule has 2 heterocycles. The summed E-state index contributed by atoms with van der Waals surface area (Å²) >= 11 is 6.34. The normalized spacial score (nSPS) is 24.0. The summed E-state index contributed by atoms with van der Waals surface area (Å²) in [5, 5.41) is 4.90. The van der Waals surface area contributed by atoms with Crippen molar-refractivity contribution in [3.63, 3.8) is 0 Å². The third kappa shape index (κ3) is 3.04. The fraction of sp³-hybridized carbons (Fsp3) is 0.267. The Morgan fingerprint density at radius 3 is 2.61 bits per heavy atom. The van der Waals surface area contributed by atoms with Gasteiger partial charge in [0.25, 0.3) is 5.91 Å². The molecule has 1 aromatic carbocycles. The molecule has 6 nitrogen and oxygen atoms in total. The molecule has 2 atom stereocenters. The Labute approximate surface area is 141 Å². The average Bonchev–Trinajstić information content (AvgIpc) is 2.98. The van der Waals surface area contributed by atoms with Gasteiger partial charge in [-0.25, -0.2) is 0 Å². The molecule has 0 spiro atoms. The zero-order valence-electron chi connectivity index (χ0n) is 12.1. The molecule has 2 aliphatic heterocycles. The topological polar surface area (TPSA) is 76.0 Å². The van der Waals surface area contributed by atoms with Crippen molar-refractivity contribution in [2.75, 3.05) is 5.01 Å². The number of carbonyl (C=O) groups excluding carboxylic acids is 3. The minimum absolute atomic E-state index is 0.0247. The number of hydrogen-bond donors (Lipinski definition) is 0. The predicted octanol–water partition coefficient (Wildman–Crippen LogP) is 1.93. The fourth-order valence-corrected chi connectivity index (χ4v) is 4.02. The number of rotatable bonds is 3. The Hall–Kier alpha value is -2.06. The van der Waals surface area contributed by atoms with Crippen LogP contribution in [-0.4, -0.2) is 33.0 Å². The molecular weight excluding hydrogens is 336 g/mol. The molecule has 23 heavy (non-hydrogen) atoms. The van der Waals surface area contributed by atoms with E-state index in [1.165, 1.54) is 5.01 Å². The lowest BCUT2D eigenvalue weighted by molar-refractivity contribution is -0.151. The summed E-state index contributed by atoms with van der Waals surface area (Å²) in [4.78, 5) is 35.3. The molecule has 0 aliphatic carbocycles. The van der Waals surface area contributed by atoms with E-state index in [1.54, 1.807) is 19.1 Å². The van der Waals surface area contributed by atoms with Crippen LogP contribution in [0.3, 0.4) is 0 Å². The summed E-state index contributed by atoms with van der Waals surface area (Å²) in [6.45, 7) is 1.72. The molecule has 1 amide bonds. The lowest BCUT2D eigenvalue weighted by Gasteiger charge is -2.15. The van der Waals surface area contributed by atoms with Gasteiger partial charge in [0.2, 0.25) is 0 Å². The second-order valence-electron chi connectivity index (χ2n) is 5.08. The van der Waals surface area contributed by atoms with E-state index >= 15 is 0 Å². The highest BCUT2D eigenvalue weighted by atomic mass is 32.2. The third-order valence-corrected chi connectivity index (χ3v) is 5.09. The van der Waals surface area contributed by atoms with Gasteiger partial charge in [0.1, 0.15) is 11.2 Å². The Kier molecular flexibility index (Phi) is 4.27. The van der Waals surface area contributed by atoms with E-state index < -0.39 is 23.1 Å². The molecule has 0 radical (unpaired) electrons. The first kappa shape index (κ1) is 15.8. The van der Waals surface area contributed by atoms with Crippen molar-refractivity contribution in [2.24, 2.45) is 11.0 Å². The fourth-order valence-electron chi connectivity index (χ4n) is 2.34. The van der Waals surface area contributed by atoms with Crippen LogP contribution in [0.15, 0.2) is 35.4 Å². The maximum absolute atomic E-state index is 12.6. The van der Waals surface area contributed by atoms with Crippen LogP contribution < -0.4 is 5.01 Å². The van der Waals surface area contributed by atoms with Gasteiger partial charge in [-0.05, 0) is 19.1 Å². The van der Waals surface area contributed by atoms with Gasteiger partial charge < -0.3 is 4.74 Å². The Balaban J connectivity index is 1.75. The largest absolute Gasteiger partial charge is 0.392 e. The molecule has 0 saturated carbocycles. The van der Waals surface area contributed by atoms with E-state index in [2.05, 4.69) is 9.84 Å². The molecule has 118 valence electrons. The summed E-state index contributed by atoms with van der Waals surface area (Å²) in [6, 6.07) is 9.03. The van der Waals surface area contributed by atoms with Crippen LogP contribution in [0.1, 0.15) is 13.3 Å². The highest BCUT2D eigenvalue weighted by Gasteiger charge is 2.41. The number of anilines is 1. The lowest BCUT2D eigenvalue weighted by atomic mass is 10.1. The lowest BCUT2D eigenvalue weighted by Crippen LogP contribution is -2.31. The number of benzene rings is 1. The number of carbonyl (C=O) groups is 3. The second-order valence-corrected chi connectivity index (χ2v) is 7.03. The van der Waals surface area contributed by atoms with Crippen molar-refractivity contribution in [3.05, 3.63) is 30.3 Å². The van der Waals surface area contributed by atoms with Crippen LogP contribution in [0.25, 0.3) is 0 Å². The number of amides is 1. The molecule has 2 aliphatic rings. The summed E-state index contributed by atoms with van der Waals surface area (Å²) in [5.74, 6) is -2.12. The van der Waals surface area contributed by atoms with Gasteiger partial charge >= 0.3 is 11.9 Å². The monoisotopic (exact) mass is 348 g/mol. The maximum atomic E-state index is 12.6. The van der Waals surface area contributed by atoms with Crippen LogP contribution in [0.5, 0.6) is 0 Å². The molecule has 0 unspecified atom stereocenters. The van der Waals surface area contributed by atoms with E-state index in [0.717, 1.165) is 11.8 Å². The van der Waals surface area contributed by atoms with E-state index in [1.807, 2.05) is 18.2 Å². The minimum Gasteiger partial charge on any atom is -0.392 e. The minimum atomic E-state index is -0.682. The van der Waals surface area contributed by atoms with Crippen LogP contribution in [0.2, 0.25) is 0 Å².